The number of urea groups is 1. The maximum absolute atomic E-state index is 11.8. The number of nitrogens with one attached hydrogen (secondary N) is 2. The van der Waals surface area contributed by atoms with Crippen molar-refractivity contribution in [2.45, 2.75) is 39.9 Å². The summed E-state index contributed by atoms with van der Waals surface area (Å²) in [6.45, 7) is 7.27. The van der Waals surface area contributed by atoms with Crippen molar-refractivity contribution >= 4 is 11.9 Å². The van der Waals surface area contributed by atoms with Crippen molar-refractivity contribution in [3.63, 3.8) is 0 Å². The molecule has 0 aliphatic carbocycles. The van der Waals surface area contributed by atoms with Crippen molar-refractivity contribution in [1.82, 2.24) is 10.6 Å². The van der Waals surface area contributed by atoms with E-state index >= 15 is 0 Å². The Hall–Kier alpha value is -2.08. The molecule has 6 nitrogen and oxygen atoms in total. The fraction of sp³-hybridized carbons (Fsp3) is 0.467. The van der Waals surface area contributed by atoms with Gasteiger partial charge in [-0.2, -0.15) is 0 Å². The summed E-state index contributed by atoms with van der Waals surface area (Å²) in [6.07, 6.45) is -1.36. The number of carbonyl (C=O) groups is 2. The summed E-state index contributed by atoms with van der Waals surface area (Å²) >= 11 is 0. The molecule has 3 amide bonds. The van der Waals surface area contributed by atoms with Gasteiger partial charge in [0.1, 0.15) is 5.75 Å². The number of aliphatic hydroxyl groups is 1. The quantitative estimate of drug-likeness (QED) is 0.770. The molecule has 0 saturated heterocycles. The zero-order valence-electron chi connectivity index (χ0n) is 12.8. The standard InChI is InChI=1S/C15H22N2O4/c1-5-16-15(20)17-14(19)11(4)21-13-7-6-12(10(3)18)8-9(13)2/h6-8,10-11,18H,5H2,1-4H3,(H2,16,17,19,20)/t10-,11?/m0/s1. The highest BCUT2D eigenvalue weighted by Crippen LogP contribution is 2.23. The van der Waals surface area contributed by atoms with Gasteiger partial charge < -0.3 is 15.2 Å². The summed E-state index contributed by atoms with van der Waals surface area (Å²) in [7, 11) is 0. The second-order valence-electron chi connectivity index (χ2n) is 4.81. The van der Waals surface area contributed by atoms with Crippen LogP contribution < -0.4 is 15.4 Å². The Morgan fingerprint density at radius 3 is 2.52 bits per heavy atom. The number of hydrogen-bond donors (Lipinski definition) is 3. The number of aryl methyl sites for hydroxylation is 1. The maximum atomic E-state index is 11.8. The topological polar surface area (TPSA) is 87.7 Å². The van der Waals surface area contributed by atoms with Gasteiger partial charge in [0.05, 0.1) is 6.10 Å². The van der Waals surface area contributed by atoms with Crippen LogP contribution in [0.4, 0.5) is 4.79 Å². The summed E-state index contributed by atoms with van der Waals surface area (Å²) in [5.41, 5.74) is 1.59. The van der Waals surface area contributed by atoms with Crippen LogP contribution in [0.1, 0.15) is 38.0 Å². The Kier molecular flexibility index (Phi) is 6.17. The van der Waals surface area contributed by atoms with Gasteiger partial charge in [0, 0.05) is 6.54 Å². The summed E-state index contributed by atoms with van der Waals surface area (Å²) in [5.74, 6) is 0.0258. The molecule has 0 radical (unpaired) electrons. The normalized spacial score (nSPS) is 13.2. The predicted molar refractivity (Wildman–Crippen MR) is 79.1 cm³/mol. The first-order valence-corrected chi connectivity index (χ1v) is 6.89. The highest BCUT2D eigenvalue weighted by molar-refractivity contribution is 5.96. The molecule has 0 fully saturated rings. The third-order valence-electron chi connectivity index (χ3n) is 2.93. The minimum absolute atomic E-state index is 0.439. The Labute approximate surface area is 124 Å². The first-order valence-electron chi connectivity index (χ1n) is 6.89. The molecule has 0 heterocycles. The zero-order valence-corrected chi connectivity index (χ0v) is 12.8. The number of rotatable bonds is 5. The molecule has 6 heteroatoms. The molecule has 1 aromatic carbocycles. The highest BCUT2D eigenvalue weighted by Gasteiger charge is 2.18. The van der Waals surface area contributed by atoms with Crippen molar-refractivity contribution in [3.05, 3.63) is 29.3 Å². The molecule has 0 aliphatic rings. The number of aliphatic hydroxyl groups excluding tert-OH is 1. The van der Waals surface area contributed by atoms with E-state index in [0.717, 1.165) is 11.1 Å². The molecule has 1 unspecified atom stereocenters. The van der Waals surface area contributed by atoms with Crippen LogP contribution in [0.2, 0.25) is 0 Å². The summed E-state index contributed by atoms with van der Waals surface area (Å²) in [6, 6.07) is 4.70. The Morgan fingerprint density at radius 2 is 2.00 bits per heavy atom. The smallest absolute Gasteiger partial charge is 0.321 e. The van der Waals surface area contributed by atoms with Crippen LogP contribution in [-0.2, 0) is 4.79 Å². The summed E-state index contributed by atoms with van der Waals surface area (Å²) in [5, 5.41) is 14.2. The number of imide groups is 1. The van der Waals surface area contributed by atoms with Gasteiger partial charge in [-0.1, -0.05) is 6.07 Å². The first kappa shape index (κ1) is 17.0. The lowest BCUT2D eigenvalue weighted by atomic mass is 10.1. The highest BCUT2D eigenvalue weighted by atomic mass is 16.5. The minimum Gasteiger partial charge on any atom is -0.481 e. The zero-order chi connectivity index (χ0) is 16.0. The second kappa shape index (κ2) is 7.64. The maximum Gasteiger partial charge on any atom is 0.321 e. The summed E-state index contributed by atoms with van der Waals surface area (Å²) in [4.78, 5) is 23.1. The van der Waals surface area contributed by atoms with Crippen LogP contribution in [0, 0.1) is 6.92 Å². The SMILES string of the molecule is CCNC(=O)NC(=O)C(C)Oc1ccc([C@H](C)O)cc1C. The molecule has 0 spiro atoms. The van der Waals surface area contributed by atoms with Gasteiger partial charge >= 0.3 is 6.03 Å². The number of benzene rings is 1. The van der Waals surface area contributed by atoms with E-state index in [1.54, 1.807) is 39.0 Å². The fourth-order valence-corrected chi connectivity index (χ4v) is 1.73. The van der Waals surface area contributed by atoms with E-state index in [1.807, 2.05) is 6.92 Å². The molecule has 3 N–H and O–H groups in total. The van der Waals surface area contributed by atoms with Crippen molar-refractivity contribution in [1.29, 1.82) is 0 Å². The van der Waals surface area contributed by atoms with E-state index < -0.39 is 24.1 Å². The van der Waals surface area contributed by atoms with Crippen LogP contribution in [0.15, 0.2) is 18.2 Å². The van der Waals surface area contributed by atoms with E-state index in [2.05, 4.69) is 10.6 Å². The number of amides is 3. The number of ether oxygens (including phenoxy) is 1. The lowest BCUT2D eigenvalue weighted by molar-refractivity contribution is -0.126. The van der Waals surface area contributed by atoms with Gasteiger partial charge in [-0.05, 0) is 51.0 Å². The van der Waals surface area contributed by atoms with E-state index in [-0.39, 0.29) is 0 Å². The molecule has 21 heavy (non-hydrogen) atoms. The monoisotopic (exact) mass is 294 g/mol. The van der Waals surface area contributed by atoms with Crippen molar-refractivity contribution in [3.8, 4) is 5.75 Å². The lowest BCUT2D eigenvalue weighted by Gasteiger charge is -2.17. The minimum atomic E-state index is -0.802. The van der Waals surface area contributed by atoms with Gasteiger partial charge in [0.25, 0.3) is 5.91 Å². The van der Waals surface area contributed by atoms with Gasteiger partial charge in [0.2, 0.25) is 0 Å². The van der Waals surface area contributed by atoms with Crippen LogP contribution in [0.25, 0.3) is 0 Å². The van der Waals surface area contributed by atoms with Crippen LogP contribution in [0.5, 0.6) is 5.75 Å². The van der Waals surface area contributed by atoms with Gasteiger partial charge in [-0.15, -0.1) is 0 Å². The Balaban J connectivity index is 2.68. The molecule has 2 atom stereocenters. The molecular weight excluding hydrogens is 272 g/mol. The Bertz CT molecular complexity index is 514. The average molecular weight is 294 g/mol. The van der Waals surface area contributed by atoms with Gasteiger partial charge in [0.15, 0.2) is 6.10 Å². The van der Waals surface area contributed by atoms with Crippen molar-refractivity contribution in [2.75, 3.05) is 6.54 Å². The molecule has 0 saturated carbocycles. The van der Waals surface area contributed by atoms with Crippen LogP contribution in [-0.4, -0.2) is 29.7 Å². The van der Waals surface area contributed by atoms with E-state index in [1.165, 1.54) is 0 Å². The van der Waals surface area contributed by atoms with Crippen LogP contribution in [0.3, 0.4) is 0 Å². The molecule has 1 aromatic rings. The van der Waals surface area contributed by atoms with E-state index in [0.29, 0.717) is 12.3 Å². The lowest BCUT2D eigenvalue weighted by Crippen LogP contribution is -2.45. The van der Waals surface area contributed by atoms with E-state index in [9.17, 15) is 14.7 Å². The first-order chi connectivity index (χ1) is 9.85. The van der Waals surface area contributed by atoms with Gasteiger partial charge in [-0.25, -0.2) is 4.79 Å². The van der Waals surface area contributed by atoms with Gasteiger partial charge in [-0.3, -0.25) is 10.1 Å². The molecule has 0 aliphatic heterocycles. The third-order valence-corrected chi connectivity index (χ3v) is 2.93. The molecular formula is C15H22N2O4. The molecule has 0 bridgehead atoms. The summed E-state index contributed by atoms with van der Waals surface area (Å²) < 4.78 is 5.55. The molecule has 0 aromatic heterocycles. The number of hydrogen-bond acceptors (Lipinski definition) is 4. The van der Waals surface area contributed by atoms with Crippen LogP contribution >= 0.6 is 0 Å². The van der Waals surface area contributed by atoms with Crippen molar-refractivity contribution < 1.29 is 19.4 Å². The Morgan fingerprint density at radius 1 is 1.33 bits per heavy atom. The molecule has 116 valence electrons. The van der Waals surface area contributed by atoms with E-state index in [4.69, 9.17) is 4.74 Å². The fourth-order valence-electron chi connectivity index (χ4n) is 1.73. The second-order valence-corrected chi connectivity index (χ2v) is 4.81. The largest absolute Gasteiger partial charge is 0.481 e. The predicted octanol–water partition coefficient (Wildman–Crippen LogP) is 1.66. The van der Waals surface area contributed by atoms with Crippen molar-refractivity contribution in [2.24, 2.45) is 0 Å². The third kappa shape index (κ3) is 5.07. The number of carbonyl (C=O) groups excluding carboxylic acids is 2. The average Bonchev–Trinajstić information content (AvgIpc) is 2.40. The molecule has 1 rings (SSSR count).